The first kappa shape index (κ1) is 23.1. The van der Waals surface area contributed by atoms with E-state index in [9.17, 15) is 22.0 Å². The largest absolute Gasteiger partial charge is 0.434 e. The minimum atomic E-state index is -3.95. The van der Waals surface area contributed by atoms with Crippen molar-refractivity contribution in [2.45, 2.75) is 43.9 Å². The number of halogens is 3. The van der Waals surface area contributed by atoms with Gasteiger partial charge in [-0.3, -0.25) is 4.79 Å². The highest BCUT2D eigenvalue weighted by atomic mass is 35.5. The molecular formula is C19H21ClF2N2O4S. The first-order chi connectivity index (χ1) is 13.6. The lowest BCUT2D eigenvalue weighted by Gasteiger charge is -2.23. The fourth-order valence-electron chi connectivity index (χ4n) is 2.64. The Balaban J connectivity index is 2.12. The molecule has 0 aliphatic carbocycles. The molecule has 2 atom stereocenters. The van der Waals surface area contributed by atoms with Crippen LogP contribution in [-0.4, -0.2) is 27.0 Å². The van der Waals surface area contributed by atoms with Crippen LogP contribution in [0.25, 0.3) is 0 Å². The van der Waals surface area contributed by atoms with E-state index in [1.54, 1.807) is 25.1 Å². The number of alkyl halides is 2. The van der Waals surface area contributed by atoms with Crippen molar-refractivity contribution in [2.75, 3.05) is 0 Å². The lowest BCUT2D eigenvalue weighted by molar-refractivity contribution is -0.123. The highest BCUT2D eigenvalue weighted by Gasteiger charge is 2.25. The molecule has 2 aromatic rings. The summed E-state index contributed by atoms with van der Waals surface area (Å²) in [6.07, 6.45) is 0.381. The molecule has 6 nitrogen and oxygen atoms in total. The fourth-order valence-corrected chi connectivity index (χ4v) is 3.97. The molecule has 0 heterocycles. The van der Waals surface area contributed by atoms with Crippen LogP contribution in [0.5, 0.6) is 5.75 Å². The number of carbonyl (C=O) groups is 1. The van der Waals surface area contributed by atoms with E-state index >= 15 is 0 Å². The van der Waals surface area contributed by atoms with E-state index in [0.29, 0.717) is 17.0 Å². The SMILES string of the molecule is CCC(NC(=O)[C@H](C)NS(=O)(=O)c1ccc(Cl)cc1)c1ccccc1OC(F)F. The molecule has 29 heavy (non-hydrogen) atoms. The van der Waals surface area contributed by atoms with E-state index in [1.807, 2.05) is 0 Å². The third kappa shape index (κ3) is 6.38. The summed E-state index contributed by atoms with van der Waals surface area (Å²) in [5.74, 6) is -0.662. The van der Waals surface area contributed by atoms with Crippen LogP contribution >= 0.6 is 11.6 Å². The Hall–Kier alpha value is -2.23. The molecule has 0 aliphatic heterocycles. The van der Waals surface area contributed by atoms with Gasteiger partial charge in [-0.2, -0.15) is 13.5 Å². The zero-order valence-corrected chi connectivity index (χ0v) is 17.3. The van der Waals surface area contributed by atoms with Gasteiger partial charge in [-0.05, 0) is 43.7 Å². The lowest BCUT2D eigenvalue weighted by Crippen LogP contribution is -2.45. The second-order valence-electron chi connectivity index (χ2n) is 6.18. The summed E-state index contributed by atoms with van der Waals surface area (Å²) in [7, 11) is -3.95. The van der Waals surface area contributed by atoms with E-state index < -0.39 is 34.6 Å². The molecule has 0 saturated heterocycles. The molecule has 0 spiro atoms. The molecule has 0 radical (unpaired) electrons. The molecule has 0 bridgehead atoms. The van der Waals surface area contributed by atoms with Crippen molar-refractivity contribution in [1.29, 1.82) is 0 Å². The second-order valence-corrected chi connectivity index (χ2v) is 8.33. The Kier molecular flexibility index (Phi) is 7.95. The Morgan fingerprint density at radius 3 is 2.34 bits per heavy atom. The van der Waals surface area contributed by atoms with Gasteiger partial charge in [0.2, 0.25) is 15.9 Å². The van der Waals surface area contributed by atoms with Gasteiger partial charge in [0.15, 0.2) is 0 Å². The number of sulfonamides is 1. The van der Waals surface area contributed by atoms with Gasteiger partial charge in [0.05, 0.1) is 17.0 Å². The monoisotopic (exact) mass is 446 g/mol. The number of amides is 1. The molecule has 0 saturated carbocycles. The number of ether oxygens (including phenoxy) is 1. The number of hydrogen-bond acceptors (Lipinski definition) is 4. The van der Waals surface area contributed by atoms with Crippen molar-refractivity contribution in [3.63, 3.8) is 0 Å². The van der Waals surface area contributed by atoms with Crippen molar-refractivity contribution in [2.24, 2.45) is 0 Å². The summed E-state index contributed by atoms with van der Waals surface area (Å²) in [6.45, 7) is 0.137. The minimum Gasteiger partial charge on any atom is -0.434 e. The summed E-state index contributed by atoms with van der Waals surface area (Å²) < 4.78 is 56.9. The van der Waals surface area contributed by atoms with Crippen LogP contribution < -0.4 is 14.8 Å². The molecule has 0 fully saturated rings. The topological polar surface area (TPSA) is 84.5 Å². The highest BCUT2D eigenvalue weighted by molar-refractivity contribution is 7.89. The van der Waals surface area contributed by atoms with Gasteiger partial charge in [0, 0.05) is 10.6 Å². The molecule has 2 aromatic carbocycles. The first-order valence-electron chi connectivity index (χ1n) is 8.76. The van der Waals surface area contributed by atoms with Crippen LogP contribution in [0.3, 0.4) is 0 Å². The highest BCUT2D eigenvalue weighted by Crippen LogP contribution is 2.28. The van der Waals surface area contributed by atoms with Gasteiger partial charge in [-0.25, -0.2) is 8.42 Å². The van der Waals surface area contributed by atoms with Crippen LogP contribution in [0.4, 0.5) is 8.78 Å². The van der Waals surface area contributed by atoms with E-state index in [1.165, 1.54) is 37.3 Å². The number of nitrogens with one attached hydrogen (secondary N) is 2. The van der Waals surface area contributed by atoms with Gasteiger partial charge >= 0.3 is 6.61 Å². The van der Waals surface area contributed by atoms with Crippen LogP contribution in [0.1, 0.15) is 31.9 Å². The van der Waals surface area contributed by atoms with Crippen molar-refractivity contribution < 1.29 is 26.7 Å². The summed E-state index contributed by atoms with van der Waals surface area (Å²) in [5.41, 5.74) is 0.372. The smallest absolute Gasteiger partial charge is 0.387 e. The number of benzene rings is 2. The van der Waals surface area contributed by atoms with E-state index in [0.717, 1.165) is 0 Å². The molecular weight excluding hydrogens is 426 g/mol. The Morgan fingerprint density at radius 2 is 1.76 bits per heavy atom. The maximum absolute atomic E-state index is 12.6. The van der Waals surface area contributed by atoms with Crippen molar-refractivity contribution in [1.82, 2.24) is 10.0 Å². The predicted octanol–water partition coefficient (Wildman–Crippen LogP) is 3.88. The second kappa shape index (κ2) is 10.00. The lowest BCUT2D eigenvalue weighted by atomic mass is 10.0. The summed E-state index contributed by atoms with van der Waals surface area (Å²) in [5, 5.41) is 3.05. The molecule has 158 valence electrons. The molecule has 0 aromatic heterocycles. The van der Waals surface area contributed by atoms with Crippen LogP contribution in [0.15, 0.2) is 53.4 Å². The maximum Gasteiger partial charge on any atom is 0.387 e. The van der Waals surface area contributed by atoms with Gasteiger partial charge in [-0.15, -0.1) is 0 Å². The average Bonchev–Trinajstić information content (AvgIpc) is 2.66. The Morgan fingerprint density at radius 1 is 1.14 bits per heavy atom. The molecule has 0 aliphatic rings. The summed E-state index contributed by atoms with van der Waals surface area (Å²) in [6, 6.07) is 9.87. The minimum absolute atomic E-state index is 0.0377. The number of rotatable bonds is 9. The zero-order chi connectivity index (χ0) is 21.6. The standard InChI is InChI=1S/C19H21ClF2N2O4S/c1-3-16(15-6-4-5-7-17(15)28-19(21)22)23-18(25)12(2)24-29(26,27)14-10-8-13(20)9-11-14/h4-12,16,19,24H,3H2,1-2H3,(H,23,25)/t12-,16?/m0/s1. The fraction of sp³-hybridized carbons (Fsp3) is 0.316. The van der Waals surface area contributed by atoms with Crippen molar-refractivity contribution in [3.8, 4) is 5.75 Å². The number of hydrogen-bond donors (Lipinski definition) is 2. The molecule has 10 heteroatoms. The maximum atomic E-state index is 12.6. The van der Waals surface area contributed by atoms with E-state index in [2.05, 4.69) is 14.8 Å². The Labute approximate surface area is 173 Å². The zero-order valence-electron chi connectivity index (χ0n) is 15.7. The van der Waals surface area contributed by atoms with Crippen LogP contribution in [-0.2, 0) is 14.8 Å². The Bertz CT molecular complexity index is 939. The van der Waals surface area contributed by atoms with E-state index in [-0.39, 0.29) is 10.6 Å². The first-order valence-corrected chi connectivity index (χ1v) is 10.6. The molecule has 1 unspecified atom stereocenters. The quantitative estimate of drug-likeness (QED) is 0.612. The average molecular weight is 447 g/mol. The molecule has 2 N–H and O–H groups in total. The van der Waals surface area contributed by atoms with Gasteiger partial charge in [-0.1, -0.05) is 36.7 Å². The van der Waals surface area contributed by atoms with Gasteiger partial charge < -0.3 is 10.1 Å². The normalized spacial score (nSPS) is 13.7. The van der Waals surface area contributed by atoms with Gasteiger partial charge in [0.1, 0.15) is 5.75 Å². The van der Waals surface area contributed by atoms with Crippen molar-refractivity contribution >= 4 is 27.5 Å². The number of para-hydroxylation sites is 1. The van der Waals surface area contributed by atoms with Crippen molar-refractivity contribution in [3.05, 3.63) is 59.1 Å². The van der Waals surface area contributed by atoms with Crippen LogP contribution in [0, 0.1) is 0 Å². The summed E-state index contributed by atoms with van der Waals surface area (Å²) in [4.78, 5) is 12.5. The number of carbonyl (C=O) groups excluding carboxylic acids is 1. The molecule has 2 rings (SSSR count). The summed E-state index contributed by atoms with van der Waals surface area (Å²) >= 11 is 5.76. The molecule has 1 amide bonds. The van der Waals surface area contributed by atoms with Crippen LogP contribution in [0.2, 0.25) is 5.02 Å². The third-order valence-corrected chi connectivity index (χ3v) is 5.89. The van der Waals surface area contributed by atoms with E-state index in [4.69, 9.17) is 11.6 Å². The third-order valence-electron chi connectivity index (χ3n) is 4.08. The predicted molar refractivity (Wildman–Crippen MR) is 105 cm³/mol. The van der Waals surface area contributed by atoms with Gasteiger partial charge in [0.25, 0.3) is 0 Å².